The van der Waals surface area contributed by atoms with Crippen LogP contribution < -0.4 is 15.8 Å². The van der Waals surface area contributed by atoms with Gasteiger partial charge in [0.25, 0.3) is 0 Å². The average molecular weight is 429 g/mol. The lowest BCUT2D eigenvalue weighted by Gasteiger charge is -2.28. The molecule has 3 N–H and O–H groups in total. The van der Waals surface area contributed by atoms with Gasteiger partial charge in [0.05, 0.1) is 6.04 Å². The predicted molar refractivity (Wildman–Crippen MR) is 113 cm³/mol. The molecule has 1 saturated carbocycles. The number of hydrogen-bond acceptors (Lipinski definition) is 8. The highest BCUT2D eigenvalue weighted by Gasteiger charge is 2.29. The van der Waals surface area contributed by atoms with Crippen molar-refractivity contribution >= 4 is 29.1 Å². The van der Waals surface area contributed by atoms with Crippen LogP contribution in [0.15, 0.2) is 6.33 Å². The number of rotatable bonds is 8. The first-order valence-electron chi connectivity index (χ1n) is 10.3. The van der Waals surface area contributed by atoms with Crippen molar-refractivity contribution in [1.29, 1.82) is 5.26 Å². The quantitative estimate of drug-likeness (QED) is 0.419. The molecule has 0 saturated heterocycles. The number of nitriles is 1. The number of anilines is 1. The van der Waals surface area contributed by atoms with Crippen molar-refractivity contribution in [3.63, 3.8) is 0 Å². The minimum atomic E-state index is -1.24. The van der Waals surface area contributed by atoms with Gasteiger partial charge in [0.1, 0.15) is 12.4 Å². The van der Waals surface area contributed by atoms with Crippen molar-refractivity contribution in [1.82, 2.24) is 35.2 Å². The highest BCUT2D eigenvalue weighted by Crippen LogP contribution is 2.29. The van der Waals surface area contributed by atoms with Crippen molar-refractivity contribution in [3.8, 4) is 6.07 Å². The zero-order valence-electron chi connectivity index (χ0n) is 17.7. The number of imidazole rings is 1. The van der Waals surface area contributed by atoms with Gasteiger partial charge in [-0.2, -0.15) is 15.2 Å². The lowest BCUT2D eigenvalue weighted by Crippen LogP contribution is -2.48. The fourth-order valence-corrected chi connectivity index (χ4v) is 3.67. The smallest absolute Gasteiger partial charge is 0.423 e. The number of amides is 2. The maximum atomic E-state index is 12.7. The molecule has 2 amide bonds. The van der Waals surface area contributed by atoms with Gasteiger partial charge in [-0.3, -0.25) is 5.01 Å². The Kier molecular flexibility index (Phi) is 7.19. The van der Waals surface area contributed by atoms with Gasteiger partial charge >= 0.3 is 12.1 Å². The van der Waals surface area contributed by atoms with E-state index in [1.165, 1.54) is 15.9 Å². The number of nitrogens with one attached hydrogen (secondary N) is 2. The Balaban J connectivity index is 1.88. The summed E-state index contributed by atoms with van der Waals surface area (Å²) in [5, 5.41) is 23.0. The molecular formula is C19H27N9O3. The number of fused-ring (bicyclic) bond motifs is 1. The van der Waals surface area contributed by atoms with E-state index in [-0.39, 0.29) is 28.8 Å². The summed E-state index contributed by atoms with van der Waals surface area (Å²) in [5.41, 5.74) is 2.78. The third-order valence-electron chi connectivity index (χ3n) is 5.14. The Bertz CT molecular complexity index is 976. The van der Waals surface area contributed by atoms with Crippen molar-refractivity contribution in [3.05, 3.63) is 12.2 Å². The van der Waals surface area contributed by atoms with Gasteiger partial charge in [0.15, 0.2) is 17.0 Å². The van der Waals surface area contributed by atoms with Crippen LogP contribution in [0.5, 0.6) is 0 Å². The molecule has 1 aliphatic carbocycles. The number of hydrazine groups is 1. The highest BCUT2D eigenvalue weighted by molar-refractivity contribution is 5.92. The molecule has 31 heavy (non-hydrogen) atoms. The first-order valence-corrected chi connectivity index (χ1v) is 10.3. The van der Waals surface area contributed by atoms with Gasteiger partial charge in [-0.05, 0) is 46.3 Å². The highest BCUT2D eigenvalue weighted by atomic mass is 16.4. The minimum Gasteiger partial charge on any atom is -0.464 e. The Morgan fingerprint density at radius 3 is 2.68 bits per heavy atom. The topological polar surface area (TPSA) is 152 Å². The molecule has 1 aliphatic rings. The maximum absolute atomic E-state index is 12.7. The second-order valence-corrected chi connectivity index (χ2v) is 7.74. The zero-order valence-corrected chi connectivity index (χ0v) is 17.7. The molecule has 0 radical (unpaired) electrons. The van der Waals surface area contributed by atoms with Crippen molar-refractivity contribution in [2.45, 2.75) is 44.6 Å². The van der Waals surface area contributed by atoms with Crippen LogP contribution in [0.2, 0.25) is 0 Å². The largest absolute Gasteiger partial charge is 0.464 e. The van der Waals surface area contributed by atoms with Crippen LogP contribution in [0.3, 0.4) is 0 Å². The molecule has 12 heteroatoms. The van der Waals surface area contributed by atoms with Gasteiger partial charge in [0, 0.05) is 6.54 Å². The molecule has 0 bridgehead atoms. The Morgan fingerprint density at radius 2 is 2.03 bits per heavy atom. The molecule has 0 atom stereocenters. The van der Waals surface area contributed by atoms with Crippen LogP contribution in [-0.2, 0) is 0 Å². The fourth-order valence-electron chi connectivity index (χ4n) is 3.67. The molecule has 166 valence electrons. The van der Waals surface area contributed by atoms with E-state index < -0.39 is 12.1 Å². The number of unbranched alkanes of at least 4 members (excludes halogenated alkanes) is 1. The molecule has 12 nitrogen and oxygen atoms in total. The first kappa shape index (κ1) is 22.2. The van der Waals surface area contributed by atoms with E-state index in [1.54, 1.807) is 0 Å². The fraction of sp³-hybridized carbons (Fsp3) is 0.579. The van der Waals surface area contributed by atoms with Crippen LogP contribution in [0.4, 0.5) is 15.4 Å². The SMILES string of the molecule is CN(C)CCCCNC(=O)n1cnc2c(N(NC(=O)O)C3CCCC3)nc(C#N)nc21. The summed E-state index contributed by atoms with van der Waals surface area (Å²) in [4.78, 5) is 38.8. The number of carbonyl (C=O) groups is 2. The van der Waals surface area contributed by atoms with Gasteiger partial charge < -0.3 is 15.3 Å². The molecule has 2 aromatic heterocycles. The molecule has 2 aromatic rings. The van der Waals surface area contributed by atoms with Gasteiger partial charge in [-0.1, -0.05) is 12.8 Å². The maximum Gasteiger partial charge on any atom is 0.423 e. The second kappa shape index (κ2) is 10.0. The molecule has 0 aromatic carbocycles. The Hall–Kier alpha value is -3.46. The van der Waals surface area contributed by atoms with Crippen molar-refractivity contribution in [2.75, 3.05) is 32.2 Å². The van der Waals surface area contributed by atoms with Crippen LogP contribution in [0.1, 0.15) is 44.3 Å². The van der Waals surface area contributed by atoms with Gasteiger partial charge in [-0.25, -0.2) is 24.6 Å². The third-order valence-corrected chi connectivity index (χ3v) is 5.14. The van der Waals surface area contributed by atoms with E-state index in [9.17, 15) is 20.0 Å². The van der Waals surface area contributed by atoms with Crippen LogP contribution in [-0.4, -0.2) is 74.9 Å². The molecular weight excluding hydrogens is 402 g/mol. The second-order valence-electron chi connectivity index (χ2n) is 7.74. The molecule has 2 heterocycles. The number of carbonyl (C=O) groups excluding carboxylic acids is 1. The van der Waals surface area contributed by atoms with E-state index in [4.69, 9.17) is 0 Å². The monoisotopic (exact) mass is 429 g/mol. The Morgan fingerprint density at radius 1 is 1.29 bits per heavy atom. The number of hydrogen-bond donors (Lipinski definition) is 3. The van der Waals surface area contributed by atoms with Gasteiger partial charge in [0.2, 0.25) is 5.82 Å². The summed E-state index contributed by atoms with van der Waals surface area (Å²) in [7, 11) is 3.99. The zero-order chi connectivity index (χ0) is 22.4. The summed E-state index contributed by atoms with van der Waals surface area (Å²) in [6, 6.07) is 1.35. The van der Waals surface area contributed by atoms with Crippen molar-refractivity contribution in [2.24, 2.45) is 0 Å². The van der Waals surface area contributed by atoms with E-state index in [2.05, 4.69) is 30.6 Å². The molecule has 0 spiro atoms. The summed E-state index contributed by atoms with van der Waals surface area (Å²) in [6.45, 7) is 1.42. The number of nitrogens with zero attached hydrogens (tertiary/aromatic N) is 7. The standard InChI is InChI=1S/C19H27N9O3/c1-26(2)10-6-5-9-21-18(29)27-12-22-15-16(27)23-14(11-20)24-17(15)28(25-19(30)31)13-7-3-4-8-13/h12-13,25H,3-10H2,1-2H3,(H,21,29)(H,30,31). The lowest BCUT2D eigenvalue weighted by molar-refractivity contribution is 0.191. The average Bonchev–Trinajstić information content (AvgIpc) is 3.40. The van der Waals surface area contributed by atoms with Crippen LogP contribution >= 0.6 is 0 Å². The predicted octanol–water partition coefficient (Wildman–Crippen LogP) is 1.53. The molecule has 3 rings (SSSR count). The third kappa shape index (κ3) is 5.37. The summed E-state index contributed by atoms with van der Waals surface area (Å²) >= 11 is 0. The van der Waals surface area contributed by atoms with Crippen LogP contribution in [0, 0.1) is 11.3 Å². The number of carboxylic acid groups (broad SMARTS) is 1. The van der Waals surface area contributed by atoms with E-state index in [1.807, 2.05) is 20.2 Å². The normalized spacial score (nSPS) is 14.0. The lowest BCUT2D eigenvalue weighted by atomic mass is 10.2. The minimum absolute atomic E-state index is 0.114. The summed E-state index contributed by atoms with van der Waals surface area (Å²) < 4.78 is 1.22. The Labute approximate surface area is 179 Å². The summed E-state index contributed by atoms with van der Waals surface area (Å²) in [5.74, 6) is 0.00611. The number of aromatic nitrogens is 4. The van der Waals surface area contributed by atoms with E-state index in [0.29, 0.717) is 6.54 Å². The first-order chi connectivity index (χ1) is 14.9. The van der Waals surface area contributed by atoms with E-state index in [0.717, 1.165) is 45.1 Å². The van der Waals surface area contributed by atoms with E-state index >= 15 is 0 Å². The van der Waals surface area contributed by atoms with Gasteiger partial charge in [-0.15, -0.1) is 0 Å². The van der Waals surface area contributed by atoms with Crippen LogP contribution in [0.25, 0.3) is 11.2 Å². The summed E-state index contributed by atoms with van der Waals surface area (Å²) in [6.07, 6.45) is 5.32. The molecule has 1 fully saturated rings. The molecule has 0 unspecified atom stereocenters. The molecule has 0 aliphatic heterocycles. The van der Waals surface area contributed by atoms with Crippen molar-refractivity contribution < 1.29 is 14.7 Å².